The van der Waals surface area contributed by atoms with Crippen LogP contribution in [0, 0.1) is 11.3 Å². The van der Waals surface area contributed by atoms with Crippen molar-refractivity contribution in [1.29, 1.82) is 0 Å². The number of hydrogen-bond donors (Lipinski definition) is 1. The van der Waals surface area contributed by atoms with Crippen LogP contribution in [-0.4, -0.2) is 30.6 Å². The second-order valence-corrected chi connectivity index (χ2v) is 6.77. The van der Waals surface area contributed by atoms with Crippen molar-refractivity contribution in [3.8, 4) is 0 Å². The Kier molecular flexibility index (Phi) is 5.75. The Labute approximate surface area is 113 Å². The summed E-state index contributed by atoms with van der Waals surface area (Å²) in [4.78, 5) is 2.61. The fourth-order valence-corrected chi connectivity index (χ4v) is 3.26. The summed E-state index contributed by atoms with van der Waals surface area (Å²) in [6.45, 7) is 8.57. The van der Waals surface area contributed by atoms with E-state index in [1.165, 1.54) is 51.6 Å². The molecule has 1 atom stereocenters. The molecule has 0 amide bonds. The Bertz CT molecular complexity index is 220. The van der Waals surface area contributed by atoms with Gasteiger partial charge >= 0.3 is 0 Å². The average molecular weight is 261 g/mol. The second-order valence-electron chi connectivity index (χ2n) is 6.77. The summed E-state index contributed by atoms with van der Waals surface area (Å²) in [5.41, 5.74) is 6.64. The summed E-state index contributed by atoms with van der Waals surface area (Å²) in [5.74, 6) is 0.943. The molecule has 2 N–H and O–H groups in total. The second kappa shape index (κ2) is 6.40. The lowest BCUT2D eigenvalue weighted by atomic mass is 9.73. The molecule has 0 spiro atoms. The van der Waals surface area contributed by atoms with Crippen LogP contribution in [0.15, 0.2) is 0 Å². The molecule has 3 heteroatoms. The lowest BCUT2D eigenvalue weighted by molar-refractivity contribution is 0.126. The van der Waals surface area contributed by atoms with Gasteiger partial charge in [0, 0.05) is 19.1 Å². The molecule has 0 bridgehead atoms. The molecule has 1 aliphatic heterocycles. The van der Waals surface area contributed by atoms with Gasteiger partial charge in [0.1, 0.15) is 0 Å². The van der Waals surface area contributed by atoms with E-state index in [1.54, 1.807) is 0 Å². The van der Waals surface area contributed by atoms with Gasteiger partial charge < -0.3 is 10.6 Å². The predicted molar refractivity (Wildman–Crippen MR) is 76.6 cm³/mol. The summed E-state index contributed by atoms with van der Waals surface area (Å²) in [6, 6.07) is 0.439. The van der Waals surface area contributed by atoms with E-state index in [9.17, 15) is 0 Å². The zero-order valence-corrected chi connectivity index (χ0v) is 12.3. The van der Waals surface area contributed by atoms with Gasteiger partial charge in [0.15, 0.2) is 0 Å². The van der Waals surface area contributed by atoms with Crippen LogP contribution in [0.2, 0.25) is 0 Å². The molecule has 2 nitrogen and oxygen atoms in total. The van der Waals surface area contributed by atoms with Gasteiger partial charge in [0.25, 0.3) is 0 Å². The minimum Gasteiger partial charge on any atom is -0.327 e. The molecular weight excluding hydrogens is 232 g/mol. The summed E-state index contributed by atoms with van der Waals surface area (Å²) in [5, 5.41) is 0. The summed E-state index contributed by atoms with van der Waals surface area (Å²) in [7, 11) is 0. The number of halogens is 1. The lowest BCUT2D eigenvalue weighted by Gasteiger charge is -2.38. The molecule has 1 aliphatic carbocycles. The highest BCUT2D eigenvalue weighted by Gasteiger charge is 2.28. The van der Waals surface area contributed by atoms with Crippen molar-refractivity contribution in [3.05, 3.63) is 0 Å². The number of nitrogens with two attached hydrogens (primary N) is 1. The fraction of sp³-hybridized carbons (Fsp3) is 1.00. The Hall–Kier alpha value is 0.210. The van der Waals surface area contributed by atoms with Crippen molar-refractivity contribution in [2.45, 2.75) is 58.4 Å². The van der Waals surface area contributed by atoms with Crippen LogP contribution in [0.25, 0.3) is 0 Å². The monoisotopic (exact) mass is 260 g/mol. The van der Waals surface area contributed by atoms with Crippen molar-refractivity contribution < 1.29 is 0 Å². The van der Waals surface area contributed by atoms with Gasteiger partial charge in [0.2, 0.25) is 0 Å². The van der Waals surface area contributed by atoms with E-state index in [0.29, 0.717) is 11.5 Å². The third-order valence-electron chi connectivity index (χ3n) is 4.52. The highest BCUT2D eigenvalue weighted by atomic mass is 35.5. The first-order valence-corrected chi connectivity index (χ1v) is 7.03. The van der Waals surface area contributed by atoms with E-state index in [-0.39, 0.29) is 12.4 Å². The third-order valence-corrected chi connectivity index (χ3v) is 4.52. The van der Waals surface area contributed by atoms with Crippen LogP contribution in [0.3, 0.4) is 0 Å². The van der Waals surface area contributed by atoms with Crippen LogP contribution < -0.4 is 5.73 Å². The first-order chi connectivity index (χ1) is 7.55. The Balaban J connectivity index is 0.00000144. The molecule has 2 fully saturated rings. The van der Waals surface area contributed by atoms with Crippen LogP contribution in [0.4, 0.5) is 0 Å². The molecule has 2 aliphatic rings. The van der Waals surface area contributed by atoms with E-state index in [2.05, 4.69) is 18.7 Å². The quantitative estimate of drug-likeness (QED) is 0.827. The van der Waals surface area contributed by atoms with Gasteiger partial charge in [-0.1, -0.05) is 13.8 Å². The van der Waals surface area contributed by atoms with Gasteiger partial charge in [-0.05, 0) is 56.4 Å². The van der Waals surface area contributed by atoms with Crippen molar-refractivity contribution >= 4 is 12.4 Å². The molecule has 0 aromatic rings. The van der Waals surface area contributed by atoms with Gasteiger partial charge in [0.05, 0.1) is 0 Å². The van der Waals surface area contributed by atoms with Crippen LogP contribution >= 0.6 is 12.4 Å². The zero-order valence-electron chi connectivity index (χ0n) is 11.5. The Morgan fingerprint density at radius 3 is 2.41 bits per heavy atom. The number of likely N-dealkylation sites (tertiary alicyclic amines) is 1. The van der Waals surface area contributed by atoms with Crippen molar-refractivity contribution in [2.75, 3.05) is 19.6 Å². The molecule has 1 unspecified atom stereocenters. The van der Waals surface area contributed by atoms with Crippen molar-refractivity contribution in [2.24, 2.45) is 17.1 Å². The summed E-state index contributed by atoms with van der Waals surface area (Å²) >= 11 is 0. The van der Waals surface area contributed by atoms with E-state index < -0.39 is 0 Å². The minimum atomic E-state index is 0. The largest absolute Gasteiger partial charge is 0.327 e. The van der Waals surface area contributed by atoms with Crippen molar-refractivity contribution in [1.82, 2.24) is 4.90 Å². The molecule has 0 aromatic carbocycles. The number of hydrogen-bond acceptors (Lipinski definition) is 2. The third kappa shape index (κ3) is 4.76. The average Bonchev–Trinajstić information content (AvgIpc) is 2.21. The molecule has 102 valence electrons. The van der Waals surface area contributed by atoms with Crippen molar-refractivity contribution in [3.63, 3.8) is 0 Å². The molecule has 2 rings (SSSR count). The normalized spacial score (nSPS) is 30.9. The Morgan fingerprint density at radius 1 is 1.18 bits per heavy atom. The SMILES string of the molecule is CC1(C)CCC(CN2CCCC(N)C2)CC1.Cl. The molecular formula is C14H29ClN2. The highest BCUT2D eigenvalue weighted by molar-refractivity contribution is 5.85. The standard InChI is InChI=1S/C14H28N2.ClH/c1-14(2)7-5-12(6-8-14)10-16-9-3-4-13(15)11-16;/h12-13H,3-11,15H2,1-2H3;1H. The lowest BCUT2D eigenvalue weighted by Crippen LogP contribution is -2.45. The maximum atomic E-state index is 6.03. The van der Waals surface area contributed by atoms with Crippen LogP contribution in [-0.2, 0) is 0 Å². The van der Waals surface area contributed by atoms with E-state index in [1.807, 2.05) is 0 Å². The topological polar surface area (TPSA) is 29.3 Å². The van der Waals surface area contributed by atoms with Crippen LogP contribution in [0.5, 0.6) is 0 Å². The molecule has 17 heavy (non-hydrogen) atoms. The van der Waals surface area contributed by atoms with E-state index in [0.717, 1.165) is 12.5 Å². The molecule has 1 saturated heterocycles. The zero-order chi connectivity index (χ0) is 11.6. The first kappa shape index (κ1) is 15.3. The molecule has 1 saturated carbocycles. The molecule has 1 heterocycles. The van der Waals surface area contributed by atoms with E-state index >= 15 is 0 Å². The van der Waals surface area contributed by atoms with Gasteiger partial charge in [-0.2, -0.15) is 0 Å². The number of piperidine rings is 1. The fourth-order valence-electron chi connectivity index (χ4n) is 3.26. The maximum Gasteiger partial charge on any atom is 0.0168 e. The predicted octanol–water partition coefficient (Wildman–Crippen LogP) is 3.05. The number of nitrogens with zero attached hydrogens (tertiary/aromatic N) is 1. The minimum absolute atomic E-state index is 0. The number of rotatable bonds is 2. The van der Waals surface area contributed by atoms with Gasteiger partial charge in [-0.25, -0.2) is 0 Å². The first-order valence-electron chi connectivity index (χ1n) is 7.03. The van der Waals surface area contributed by atoms with Gasteiger partial charge in [-0.3, -0.25) is 0 Å². The molecule has 0 radical (unpaired) electrons. The summed E-state index contributed by atoms with van der Waals surface area (Å²) < 4.78 is 0. The highest BCUT2D eigenvalue weighted by Crippen LogP contribution is 2.38. The Morgan fingerprint density at radius 2 is 1.82 bits per heavy atom. The maximum absolute atomic E-state index is 6.03. The van der Waals surface area contributed by atoms with E-state index in [4.69, 9.17) is 5.73 Å². The van der Waals surface area contributed by atoms with Gasteiger partial charge in [-0.15, -0.1) is 12.4 Å². The van der Waals surface area contributed by atoms with Crippen LogP contribution in [0.1, 0.15) is 52.4 Å². The molecule has 0 aromatic heterocycles. The smallest absolute Gasteiger partial charge is 0.0168 e. The summed E-state index contributed by atoms with van der Waals surface area (Å²) in [6.07, 6.45) is 8.22.